The summed E-state index contributed by atoms with van der Waals surface area (Å²) in [6, 6.07) is 5.40. The van der Waals surface area contributed by atoms with Gasteiger partial charge in [-0.2, -0.15) is 22.0 Å². The Morgan fingerprint density at radius 2 is 1.67 bits per heavy atom. The number of hydrogen-bond acceptors (Lipinski definition) is 3. The topological polar surface area (TPSA) is 33.3 Å². The first kappa shape index (κ1) is 15.8. The molecule has 0 bridgehead atoms. The van der Waals surface area contributed by atoms with E-state index in [1.54, 1.807) is 6.07 Å². The van der Waals surface area contributed by atoms with Gasteiger partial charge in [-0.15, -0.1) is 0 Å². The molecule has 0 aromatic heterocycles. The highest BCUT2D eigenvalue weighted by molar-refractivity contribution is 5.57. The summed E-state index contributed by atoms with van der Waals surface area (Å²) in [6.07, 6.45) is -9.47. The zero-order chi connectivity index (χ0) is 15.5. The molecule has 1 saturated heterocycles. The maximum absolute atomic E-state index is 13.0. The molecule has 8 heteroatoms. The number of benzene rings is 1. The zero-order valence-corrected chi connectivity index (χ0v) is 11.0. The van der Waals surface area contributed by atoms with Crippen LogP contribution < -0.4 is 15.4 Å². The lowest BCUT2D eigenvalue weighted by molar-refractivity contribution is -0.360. The number of hydrogen-bond donors (Lipinski definition) is 2. The van der Waals surface area contributed by atoms with Crippen molar-refractivity contribution in [2.45, 2.75) is 31.2 Å². The Kier molecular flexibility index (Phi) is 4.55. The van der Waals surface area contributed by atoms with Gasteiger partial charge >= 0.3 is 12.3 Å². The van der Waals surface area contributed by atoms with E-state index in [0.29, 0.717) is 0 Å². The van der Waals surface area contributed by atoms with Gasteiger partial charge in [0.2, 0.25) is 0 Å². The summed E-state index contributed by atoms with van der Waals surface area (Å²) >= 11 is 0. The Morgan fingerprint density at radius 3 is 2.29 bits per heavy atom. The SMILES string of the molecule is FC(F)(F)C(F)(F)Oc1ccccc1NC1CCNCC1. The molecule has 0 radical (unpaired) electrons. The van der Waals surface area contributed by atoms with Crippen molar-refractivity contribution in [2.24, 2.45) is 0 Å². The molecule has 0 atom stereocenters. The number of alkyl halides is 5. The van der Waals surface area contributed by atoms with E-state index in [1.807, 2.05) is 0 Å². The number of rotatable bonds is 4. The summed E-state index contributed by atoms with van der Waals surface area (Å²) in [5.74, 6) is -0.515. The molecule has 0 spiro atoms. The summed E-state index contributed by atoms with van der Waals surface area (Å²) in [7, 11) is 0. The van der Waals surface area contributed by atoms with Crippen molar-refractivity contribution in [2.75, 3.05) is 18.4 Å². The molecule has 0 saturated carbocycles. The van der Waals surface area contributed by atoms with Gasteiger partial charge in [0.1, 0.15) is 5.75 Å². The minimum Gasteiger partial charge on any atom is -0.424 e. The van der Waals surface area contributed by atoms with Crippen molar-refractivity contribution in [3.63, 3.8) is 0 Å². The molecular formula is C13H15F5N2O. The number of para-hydroxylation sites is 2. The van der Waals surface area contributed by atoms with Gasteiger partial charge < -0.3 is 15.4 Å². The summed E-state index contributed by atoms with van der Waals surface area (Å²) in [5.41, 5.74) is 0.133. The second kappa shape index (κ2) is 6.05. The predicted octanol–water partition coefficient (Wildman–Crippen LogP) is 3.38. The molecule has 1 aliphatic rings. The highest BCUT2D eigenvalue weighted by Gasteiger charge is 2.61. The molecule has 1 heterocycles. The van der Waals surface area contributed by atoms with Crippen LogP contribution in [0, 0.1) is 0 Å². The van der Waals surface area contributed by atoms with Gasteiger partial charge in [0, 0.05) is 6.04 Å². The van der Waals surface area contributed by atoms with E-state index < -0.39 is 18.0 Å². The number of piperidine rings is 1. The fourth-order valence-electron chi connectivity index (χ4n) is 2.06. The van der Waals surface area contributed by atoms with Gasteiger partial charge in [-0.05, 0) is 38.1 Å². The second-order valence-electron chi connectivity index (χ2n) is 4.78. The number of nitrogens with one attached hydrogen (secondary N) is 2. The molecule has 118 valence electrons. The maximum Gasteiger partial charge on any atom is 0.499 e. The molecular weight excluding hydrogens is 295 g/mol. The van der Waals surface area contributed by atoms with E-state index in [2.05, 4.69) is 15.4 Å². The van der Waals surface area contributed by atoms with Crippen molar-refractivity contribution < 1.29 is 26.7 Å². The fraction of sp³-hybridized carbons (Fsp3) is 0.538. The third kappa shape index (κ3) is 3.96. The van der Waals surface area contributed by atoms with E-state index in [4.69, 9.17) is 0 Å². The van der Waals surface area contributed by atoms with Crippen molar-refractivity contribution in [1.29, 1.82) is 0 Å². The Hall–Kier alpha value is -1.57. The van der Waals surface area contributed by atoms with Crippen LogP contribution in [0.4, 0.5) is 27.6 Å². The Labute approximate surface area is 118 Å². The molecule has 0 amide bonds. The normalized spacial score (nSPS) is 17.6. The van der Waals surface area contributed by atoms with Crippen molar-refractivity contribution in [1.82, 2.24) is 5.32 Å². The first-order valence-corrected chi connectivity index (χ1v) is 6.49. The minimum absolute atomic E-state index is 0.00973. The quantitative estimate of drug-likeness (QED) is 0.837. The van der Waals surface area contributed by atoms with Crippen LogP contribution in [0.25, 0.3) is 0 Å². The zero-order valence-electron chi connectivity index (χ0n) is 11.0. The molecule has 0 unspecified atom stereocenters. The smallest absolute Gasteiger partial charge is 0.424 e. The maximum atomic E-state index is 13.0. The van der Waals surface area contributed by atoms with Crippen molar-refractivity contribution >= 4 is 5.69 Å². The van der Waals surface area contributed by atoms with Crippen LogP contribution in [0.2, 0.25) is 0 Å². The summed E-state index contributed by atoms with van der Waals surface area (Å²) in [4.78, 5) is 0. The van der Waals surface area contributed by atoms with Gasteiger partial charge in [0.15, 0.2) is 0 Å². The minimum atomic E-state index is -5.76. The van der Waals surface area contributed by atoms with E-state index in [1.165, 1.54) is 12.1 Å². The summed E-state index contributed by atoms with van der Waals surface area (Å²) < 4.78 is 66.5. The highest BCUT2D eigenvalue weighted by atomic mass is 19.4. The molecule has 1 aliphatic heterocycles. The van der Waals surface area contributed by atoms with Crippen LogP contribution in [0.3, 0.4) is 0 Å². The summed E-state index contributed by atoms with van der Waals surface area (Å²) in [6.45, 7) is 1.53. The lowest BCUT2D eigenvalue weighted by atomic mass is 10.1. The van der Waals surface area contributed by atoms with E-state index in [0.717, 1.165) is 32.0 Å². The average Bonchev–Trinajstić information content (AvgIpc) is 2.40. The van der Waals surface area contributed by atoms with Crippen LogP contribution >= 0.6 is 0 Å². The van der Waals surface area contributed by atoms with Crippen LogP contribution in [0.5, 0.6) is 5.75 Å². The fourth-order valence-corrected chi connectivity index (χ4v) is 2.06. The van der Waals surface area contributed by atoms with Crippen LogP contribution in [0.1, 0.15) is 12.8 Å². The monoisotopic (exact) mass is 310 g/mol. The van der Waals surface area contributed by atoms with Crippen molar-refractivity contribution in [3.8, 4) is 5.75 Å². The Morgan fingerprint density at radius 1 is 1.05 bits per heavy atom. The molecule has 1 aromatic rings. The lowest BCUT2D eigenvalue weighted by Crippen LogP contribution is -2.42. The van der Waals surface area contributed by atoms with E-state index in [-0.39, 0.29) is 11.7 Å². The number of ether oxygens (including phenoxy) is 1. The van der Waals surface area contributed by atoms with Crippen LogP contribution in [-0.4, -0.2) is 31.4 Å². The largest absolute Gasteiger partial charge is 0.499 e. The van der Waals surface area contributed by atoms with E-state index in [9.17, 15) is 22.0 Å². The predicted molar refractivity (Wildman–Crippen MR) is 67.6 cm³/mol. The molecule has 0 aliphatic carbocycles. The van der Waals surface area contributed by atoms with E-state index >= 15 is 0 Å². The van der Waals surface area contributed by atoms with Gasteiger partial charge in [0.05, 0.1) is 5.69 Å². The molecule has 2 rings (SSSR count). The Balaban J connectivity index is 2.13. The highest BCUT2D eigenvalue weighted by Crippen LogP contribution is 2.39. The third-order valence-corrected chi connectivity index (χ3v) is 3.15. The molecule has 2 N–H and O–H groups in total. The standard InChI is InChI=1S/C13H15F5N2O/c14-12(15,16)13(17,18)21-11-4-2-1-3-10(11)20-9-5-7-19-8-6-9/h1-4,9,19-20H,5-8H2. The van der Waals surface area contributed by atoms with Crippen LogP contribution in [0.15, 0.2) is 24.3 Å². The van der Waals surface area contributed by atoms with Gasteiger partial charge in [0.25, 0.3) is 0 Å². The molecule has 21 heavy (non-hydrogen) atoms. The first-order valence-electron chi connectivity index (χ1n) is 6.49. The van der Waals surface area contributed by atoms with Crippen molar-refractivity contribution in [3.05, 3.63) is 24.3 Å². The third-order valence-electron chi connectivity index (χ3n) is 3.15. The molecule has 1 fully saturated rings. The average molecular weight is 310 g/mol. The molecule has 3 nitrogen and oxygen atoms in total. The lowest BCUT2D eigenvalue weighted by Gasteiger charge is -2.27. The summed E-state index contributed by atoms with van der Waals surface area (Å²) in [5, 5.41) is 6.09. The Bertz CT molecular complexity index is 472. The number of anilines is 1. The van der Waals surface area contributed by atoms with Gasteiger partial charge in [-0.25, -0.2) is 0 Å². The van der Waals surface area contributed by atoms with Crippen LogP contribution in [-0.2, 0) is 0 Å². The second-order valence-corrected chi connectivity index (χ2v) is 4.78. The van der Waals surface area contributed by atoms with Gasteiger partial charge in [-0.1, -0.05) is 12.1 Å². The molecule has 1 aromatic carbocycles. The van der Waals surface area contributed by atoms with Gasteiger partial charge in [-0.3, -0.25) is 0 Å². The first-order chi connectivity index (χ1) is 9.79. The number of halogens is 5.